The number of nitrogen functional groups attached to an aromatic ring is 3. The molecule has 0 aromatic heterocycles. The van der Waals surface area contributed by atoms with Crippen LogP contribution in [0.3, 0.4) is 0 Å². The number of anilines is 1. The topological polar surface area (TPSA) is 126 Å². The van der Waals surface area contributed by atoms with E-state index in [1.54, 1.807) is 24.3 Å². The van der Waals surface area contributed by atoms with Crippen molar-refractivity contribution in [2.75, 3.05) is 5.73 Å². The molecule has 0 heterocycles. The molecule has 0 saturated carbocycles. The van der Waals surface area contributed by atoms with E-state index in [1.807, 2.05) is 44.2 Å². The van der Waals surface area contributed by atoms with Crippen LogP contribution in [-0.4, -0.2) is 11.7 Å². The molecule has 0 aliphatic rings. The molecule has 0 atom stereocenters. The lowest BCUT2D eigenvalue weighted by molar-refractivity contribution is 1.42. The van der Waals surface area contributed by atoms with E-state index < -0.39 is 0 Å². The van der Waals surface area contributed by atoms with Crippen LogP contribution < -0.4 is 17.2 Å². The van der Waals surface area contributed by atoms with Gasteiger partial charge in [0.1, 0.15) is 11.7 Å². The zero-order valence-electron chi connectivity index (χ0n) is 13.4. The number of hydrogen-bond donors (Lipinski definition) is 5. The molecule has 0 fully saturated rings. The van der Waals surface area contributed by atoms with Gasteiger partial charge in [0.15, 0.2) is 0 Å². The standard InChI is InChI=1S/C16H17N5.C2H6/c17-14-9-13(16(20)21)8-7-11(14)4-1-10-2-5-12(6-3-10)15(18)19;1-2/h1-9H,17H2,(H3,18,19)(H3,20,21);1-2H3/b4-1+;. The maximum atomic E-state index is 7.37. The van der Waals surface area contributed by atoms with Crippen LogP contribution in [0.5, 0.6) is 0 Å². The fourth-order valence-electron chi connectivity index (χ4n) is 1.85. The average Bonchev–Trinajstić information content (AvgIpc) is 2.55. The molecule has 2 aromatic rings. The number of rotatable bonds is 4. The molecule has 8 N–H and O–H groups in total. The summed E-state index contributed by atoms with van der Waals surface area (Å²) in [7, 11) is 0. The van der Waals surface area contributed by atoms with E-state index in [2.05, 4.69) is 0 Å². The van der Waals surface area contributed by atoms with Crippen LogP contribution in [0, 0.1) is 10.8 Å². The van der Waals surface area contributed by atoms with Gasteiger partial charge in [-0.3, -0.25) is 10.8 Å². The van der Waals surface area contributed by atoms with Crippen LogP contribution >= 0.6 is 0 Å². The van der Waals surface area contributed by atoms with Gasteiger partial charge in [-0.2, -0.15) is 0 Å². The van der Waals surface area contributed by atoms with Crippen molar-refractivity contribution >= 4 is 29.5 Å². The Morgan fingerprint density at radius 1 is 0.826 bits per heavy atom. The maximum Gasteiger partial charge on any atom is 0.122 e. The SMILES string of the molecule is CC.N=C(N)c1ccc(/C=C/c2ccc(C(=N)N)cc2N)cc1. The predicted molar refractivity (Wildman–Crippen MR) is 99.6 cm³/mol. The molecule has 0 bridgehead atoms. The number of amidine groups is 2. The monoisotopic (exact) mass is 309 g/mol. The van der Waals surface area contributed by atoms with Crippen molar-refractivity contribution in [3.05, 3.63) is 64.7 Å². The van der Waals surface area contributed by atoms with Crippen LogP contribution in [0.25, 0.3) is 12.2 Å². The Labute approximate surface area is 136 Å². The second-order valence-corrected chi connectivity index (χ2v) is 4.63. The van der Waals surface area contributed by atoms with Crippen LogP contribution in [0.4, 0.5) is 5.69 Å². The summed E-state index contributed by atoms with van der Waals surface area (Å²) >= 11 is 0. The summed E-state index contributed by atoms with van der Waals surface area (Å²) in [5.74, 6) is 0.0478. The molecule has 23 heavy (non-hydrogen) atoms. The Morgan fingerprint density at radius 3 is 1.83 bits per heavy atom. The zero-order valence-corrected chi connectivity index (χ0v) is 13.4. The number of nitrogens with two attached hydrogens (primary N) is 3. The van der Waals surface area contributed by atoms with Crippen LogP contribution in [0.2, 0.25) is 0 Å². The lowest BCUT2D eigenvalue weighted by Crippen LogP contribution is -2.11. The normalized spacial score (nSPS) is 10.0. The first-order chi connectivity index (χ1) is 11.0. The van der Waals surface area contributed by atoms with Crippen LogP contribution in [0.1, 0.15) is 36.1 Å². The Bertz CT molecular complexity index is 715. The largest absolute Gasteiger partial charge is 0.398 e. The summed E-state index contributed by atoms with van der Waals surface area (Å²) in [5.41, 5.74) is 20.5. The van der Waals surface area contributed by atoms with E-state index >= 15 is 0 Å². The number of benzene rings is 2. The molecule has 0 saturated heterocycles. The van der Waals surface area contributed by atoms with Gasteiger partial charge in [-0.25, -0.2) is 0 Å². The molecule has 0 amide bonds. The lowest BCUT2D eigenvalue weighted by atomic mass is 10.1. The Balaban J connectivity index is 0.00000127. The van der Waals surface area contributed by atoms with E-state index in [0.717, 1.165) is 11.1 Å². The summed E-state index contributed by atoms with van der Waals surface area (Å²) in [6, 6.07) is 12.6. The molecule has 0 aliphatic carbocycles. The molecule has 120 valence electrons. The molecule has 0 aliphatic heterocycles. The van der Waals surface area contributed by atoms with Crippen molar-refractivity contribution in [1.29, 1.82) is 10.8 Å². The van der Waals surface area contributed by atoms with Gasteiger partial charge >= 0.3 is 0 Å². The first-order valence-corrected chi connectivity index (χ1v) is 7.34. The van der Waals surface area contributed by atoms with Gasteiger partial charge in [0, 0.05) is 16.8 Å². The van der Waals surface area contributed by atoms with E-state index in [0.29, 0.717) is 16.8 Å². The average molecular weight is 309 g/mol. The molecule has 0 spiro atoms. The van der Waals surface area contributed by atoms with Gasteiger partial charge in [-0.1, -0.05) is 62.4 Å². The van der Waals surface area contributed by atoms with Crippen molar-refractivity contribution in [2.24, 2.45) is 11.5 Å². The molecule has 2 rings (SSSR count). The van der Waals surface area contributed by atoms with E-state index in [-0.39, 0.29) is 11.7 Å². The van der Waals surface area contributed by atoms with Crippen molar-refractivity contribution in [3.8, 4) is 0 Å². The van der Waals surface area contributed by atoms with E-state index in [1.165, 1.54) is 0 Å². The smallest absolute Gasteiger partial charge is 0.122 e. The predicted octanol–water partition coefficient (Wildman–Crippen LogP) is 3.03. The van der Waals surface area contributed by atoms with Crippen LogP contribution in [-0.2, 0) is 0 Å². The summed E-state index contributed by atoms with van der Waals surface area (Å²) < 4.78 is 0. The van der Waals surface area contributed by atoms with Gasteiger partial charge in [0.05, 0.1) is 0 Å². The lowest BCUT2D eigenvalue weighted by Gasteiger charge is -2.04. The van der Waals surface area contributed by atoms with Gasteiger partial charge in [-0.15, -0.1) is 0 Å². The highest BCUT2D eigenvalue weighted by atomic mass is 14.7. The fraction of sp³-hybridized carbons (Fsp3) is 0.111. The third-order valence-electron chi connectivity index (χ3n) is 3.07. The highest BCUT2D eigenvalue weighted by molar-refractivity contribution is 5.97. The minimum absolute atomic E-state index is 0.00273. The van der Waals surface area contributed by atoms with Crippen molar-refractivity contribution in [1.82, 2.24) is 0 Å². The van der Waals surface area contributed by atoms with E-state index in [4.69, 9.17) is 28.0 Å². The highest BCUT2D eigenvalue weighted by Gasteiger charge is 2.00. The second-order valence-electron chi connectivity index (χ2n) is 4.63. The molecular formula is C18H23N5. The van der Waals surface area contributed by atoms with Crippen molar-refractivity contribution in [3.63, 3.8) is 0 Å². The Morgan fingerprint density at radius 2 is 1.35 bits per heavy atom. The first kappa shape index (κ1) is 18.0. The Hall–Kier alpha value is -3.08. The summed E-state index contributed by atoms with van der Waals surface area (Å²) in [6.45, 7) is 4.00. The summed E-state index contributed by atoms with van der Waals surface area (Å²) in [4.78, 5) is 0. The number of nitrogens with one attached hydrogen (secondary N) is 2. The third kappa shape index (κ3) is 5.00. The Kier molecular flexibility index (Phi) is 6.55. The molecule has 5 nitrogen and oxygen atoms in total. The third-order valence-corrected chi connectivity index (χ3v) is 3.07. The molecule has 5 heteroatoms. The fourth-order valence-corrected chi connectivity index (χ4v) is 1.85. The summed E-state index contributed by atoms with van der Waals surface area (Å²) in [6.07, 6.45) is 3.81. The second kappa shape index (κ2) is 8.38. The maximum absolute atomic E-state index is 7.37. The minimum Gasteiger partial charge on any atom is -0.398 e. The molecule has 0 radical (unpaired) electrons. The quantitative estimate of drug-likeness (QED) is 0.258. The van der Waals surface area contributed by atoms with E-state index in [9.17, 15) is 0 Å². The van der Waals surface area contributed by atoms with Gasteiger partial charge in [0.25, 0.3) is 0 Å². The minimum atomic E-state index is -0.00273. The molecule has 0 unspecified atom stereocenters. The zero-order chi connectivity index (χ0) is 17.4. The highest BCUT2D eigenvalue weighted by Crippen LogP contribution is 2.17. The molecule has 2 aromatic carbocycles. The molecular weight excluding hydrogens is 286 g/mol. The summed E-state index contributed by atoms with van der Waals surface area (Å²) in [5, 5.41) is 14.7. The first-order valence-electron chi connectivity index (χ1n) is 7.34. The number of hydrogen-bond acceptors (Lipinski definition) is 3. The van der Waals surface area contributed by atoms with Crippen LogP contribution in [0.15, 0.2) is 42.5 Å². The van der Waals surface area contributed by atoms with Crippen molar-refractivity contribution in [2.45, 2.75) is 13.8 Å². The van der Waals surface area contributed by atoms with Gasteiger partial charge < -0.3 is 17.2 Å². The van der Waals surface area contributed by atoms with Gasteiger partial charge in [0.2, 0.25) is 0 Å². The van der Waals surface area contributed by atoms with Gasteiger partial charge in [-0.05, 0) is 17.2 Å². The van der Waals surface area contributed by atoms with Crippen molar-refractivity contribution < 1.29 is 0 Å².